The molecular weight excluding hydrogens is 292 g/mol. The summed E-state index contributed by atoms with van der Waals surface area (Å²) in [5.41, 5.74) is 0. The molecule has 8 heteroatoms. The van der Waals surface area contributed by atoms with Gasteiger partial charge in [-0.3, -0.25) is 0 Å². The van der Waals surface area contributed by atoms with Crippen LogP contribution in [0.5, 0.6) is 0 Å². The predicted octanol–water partition coefficient (Wildman–Crippen LogP) is 1.04. The number of anilines is 2. The molecule has 0 aliphatic carbocycles. The zero-order valence-electron chi connectivity index (χ0n) is 12.4. The Morgan fingerprint density at radius 3 is 2.76 bits per heavy atom. The van der Waals surface area contributed by atoms with Crippen LogP contribution in [-0.4, -0.2) is 49.6 Å². The summed E-state index contributed by atoms with van der Waals surface area (Å²) < 4.78 is 28.9. The monoisotopic (exact) mass is 314 g/mol. The van der Waals surface area contributed by atoms with Crippen molar-refractivity contribution in [3.8, 4) is 0 Å². The van der Waals surface area contributed by atoms with Crippen LogP contribution < -0.4 is 10.6 Å². The minimum absolute atomic E-state index is 0.292. The molecule has 1 aromatic heterocycles. The van der Waals surface area contributed by atoms with Crippen molar-refractivity contribution < 1.29 is 13.2 Å². The van der Waals surface area contributed by atoms with Gasteiger partial charge in [0.05, 0.1) is 11.0 Å². The number of nitrogens with one attached hydrogen (secondary N) is 2. The van der Waals surface area contributed by atoms with Crippen LogP contribution in [0.15, 0.2) is 6.07 Å². The van der Waals surface area contributed by atoms with E-state index in [9.17, 15) is 8.42 Å². The van der Waals surface area contributed by atoms with Crippen LogP contribution in [-0.2, 0) is 21.2 Å². The second-order valence-electron chi connectivity index (χ2n) is 4.95. The fourth-order valence-electron chi connectivity index (χ4n) is 2.28. The average molecular weight is 314 g/mol. The lowest BCUT2D eigenvalue weighted by Crippen LogP contribution is -2.25. The van der Waals surface area contributed by atoms with Crippen LogP contribution in [0.3, 0.4) is 0 Å². The number of rotatable bonds is 7. The van der Waals surface area contributed by atoms with Crippen molar-refractivity contribution in [1.29, 1.82) is 0 Å². The van der Waals surface area contributed by atoms with Crippen molar-refractivity contribution in [1.82, 2.24) is 9.97 Å². The smallest absolute Gasteiger partial charge is 0.158 e. The molecule has 1 aromatic rings. The van der Waals surface area contributed by atoms with Crippen LogP contribution in [0, 0.1) is 0 Å². The van der Waals surface area contributed by atoms with Crippen molar-refractivity contribution >= 4 is 21.5 Å². The minimum Gasteiger partial charge on any atom is -0.374 e. The van der Waals surface area contributed by atoms with E-state index in [1.807, 2.05) is 6.92 Å². The van der Waals surface area contributed by atoms with Crippen molar-refractivity contribution in [2.24, 2.45) is 0 Å². The van der Waals surface area contributed by atoms with Gasteiger partial charge in [-0.1, -0.05) is 0 Å². The highest BCUT2D eigenvalue weighted by Crippen LogP contribution is 2.20. The largest absolute Gasteiger partial charge is 0.374 e. The summed E-state index contributed by atoms with van der Waals surface area (Å²) in [5, 5.41) is 5.75. The second kappa shape index (κ2) is 7.04. The van der Waals surface area contributed by atoms with Gasteiger partial charge in [0.1, 0.15) is 18.2 Å². The van der Waals surface area contributed by atoms with Crippen LogP contribution in [0.4, 0.5) is 11.6 Å². The van der Waals surface area contributed by atoms with E-state index >= 15 is 0 Å². The molecule has 1 aliphatic heterocycles. The lowest BCUT2D eigenvalue weighted by Gasteiger charge is -2.13. The van der Waals surface area contributed by atoms with Gasteiger partial charge in [-0.15, -0.1) is 0 Å². The maximum Gasteiger partial charge on any atom is 0.158 e. The Hall–Kier alpha value is -1.41. The van der Waals surface area contributed by atoms with Gasteiger partial charge in [0, 0.05) is 26.3 Å². The molecule has 1 unspecified atom stereocenters. The molecule has 1 saturated heterocycles. The van der Waals surface area contributed by atoms with Crippen LogP contribution in [0.2, 0.25) is 0 Å². The van der Waals surface area contributed by atoms with E-state index in [-0.39, 0.29) is 5.25 Å². The second-order valence-corrected chi connectivity index (χ2v) is 7.35. The van der Waals surface area contributed by atoms with Crippen molar-refractivity contribution in [2.75, 3.05) is 36.6 Å². The van der Waals surface area contributed by atoms with E-state index in [1.54, 1.807) is 13.1 Å². The summed E-state index contributed by atoms with van der Waals surface area (Å²) >= 11 is 0. The molecule has 21 heavy (non-hydrogen) atoms. The van der Waals surface area contributed by atoms with Gasteiger partial charge in [-0.2, -0.15) is 0 Å². The van der Waals surface area contributed by atoms with Gasteiger partial charge in [0.2, 0.25) is 0 Å². The first-order valence-corrected chi connectivity index (χ1v) is 8.85. The maximum atomic E-state index is 11.8. The third-order valence-corrected chi connectivity index (χ3v) is 5.71. The summed E-state index contributed by atoms with van der Waals surface area (Å²) in [6.45, 7) is 3.22. The summed E-state index contributed by atoms with van der Waals surface area (Å²) in [6, 6.07) is 1.76. The van der Waals surface area contributed by atoms with Gasteiger partial charge in [0.25, 0.3) is 0 Å². The van der Waals surface area contributed by atoms with Gasteiger partial charge in [-0.25, -0.2) is 18.4 Å². The molecule has 0 aromatic carbocycles. The zero-order chi connectivity index (χ0) is 15.3. The average Bonchev–Trinajstić information content (AvgIpc) is 2.81. The molecule has 2 heterocycles. The van der Waals surface area contributed by atoms with E-state index in [2.05, 4.69) is 20.6 Å². The number of nitrogens with zero attached hydrogens (tertiary/aromatic N) is 2. The van der Waals surface area contributed by atoms with Crippen molar-refractivity contribution in [3.05, 3.63) is 11.9 Å². The Bertz CT molecular complexity index is 577. The molecule has 118 valence electrons. The lowest BCUT2D eigenvalue weighted by atomic mass is 10.2. The fourth-order valence-corrected chi connectivity index (χ4v) is 4.04. The fraction of sp³-hybridized carbons (Fsp3) is 0.692. The van der Waals surface area contributed by atoms with Crippen LogP contribution >= 0.6 is 0 Å². The number of hydrogen-bond acceptors (Lipinski definition) is 7. The molecule has 7 nitrogen and oxygen atoms in total. The minimum atomic E-state index is -2.94. The normalized spacial score (nSPS) is 20.4. The van der Waals surface area contributed by atoms with Crippen LogP contribution in [0.1, 0.15) is 25.6 Å². The Labute approximate surface area is 125 Å². The Morgan fingerprint density at radius 2 is 2.14 bits per heavy atom. The molecule has 2 N–H and O–H groups in total. The Kier molecular flexibility index (Phi) is 5.35. The molecular formula is C13H22N4O3S. The molecule has 1 aliphatic rings. The topological polar surface area (TPSA) is 93.2 Å². The van der Waals surface area contributed by atoms with E-state index < -0.39 is 9.84 Å². The van der Waals surface area contributed by atoms with Gasteiger partial charge in [0.15, 0.2) is 15.7 Å². The molecule has 1 fully saturated rings. The molecule has 2 rings (SSSR count). The molecule has 0 amide bonds. The molecule has 0 radical (unpaired) electrons. The van der Waals surface area contributed by atoms with E-state index in [4.69, 9.17) is 4.74 Å². The maximum absolute atomic E-state index is 11.8. The van der Waals surface area contributed by atoms with E-state index in [0.29, 0.717) is 49.4 Å². The van der Waals surface area contributed by atoms with Gasteiger partial charge in [-0.05, 0) is 19.8 Å². The quantitative estimate of drug-likeness (QED) is 0.776. The highest BCUT2D eigenvalue weighted by atomic mass is 32.2. The zero-order valence-corrected chi connectivity index (χ0v) is 13.2. The third-order valence-electron chi connectivity index (χ3n) is 3.44. The standard InChI is InChI=1S/C13H22N4O3S/c1-3-20-9-13-16-11(14-2)7-12(17-13)15-8-10-5-4-6-21(10,18)19/h7,10H,3-6,8-9H2,1-2H3,(H2,14,15,16,17). The van der Waals surface area contributed by atoms with Crippen molar-refractivity contribution in [2.45, 2.75) is 31.6 Å². The van der Waals surface area contributed by atoms with Gasteiger partial charge < -0.3 is 15.4 Å². The molecule has 0 saturated carbocycles. The third kappa shape index (κ3) is 4.28. The Balaban J connectivity index is 2.04. The van der Waals surface area contributed by atoms with Crippen molar-refractivity contribution in [3.63, 3.8) is 0 Å². The number of ether oxygens (including phenoxy) is 1. The summed E-state index contributed by atoms with van der Waals surface area (Å²) in [4.78, 5) is 8.64. The Morgan fingerprint density at radius 1 is 1.38 bits per heavy atom. The highest BCUT2D eigenvalue weighted by Gasteiger charge is 2.30. The molecule has 0 bridgehead atoms. The SMILES string of the molecule is CCOCc1nc(NC)cc(NCC2CCCS2(=O)=O)n1. The number of aromatic nitrogens is 2. The molecule has 0 spiro atoms. The van der Waals surface area contributed by atoms with Crippen LogP contribution in [0.25, 0.3) is 0 Å². The summed E-state index contributed by atoms with van der Waals surface area (Å²) in [6.07, 6.45) is 1.46. The highest BCUT2D eigenvalue weighted by molar-refractivity contribution is 7.92. The first kappa shape index (κ1) is 16.0. The first-order valence-electron chi connectivity index (χ1n) is 7.14. The van der Waals surface area contributed by atoms with E-state index in [1.165, 1.54) is 0 Å². The summed E-state index contributed by atoms with van der Waals surface area (Å²) in [7, 11) is -1.17. The molecule has 1 atom stereocenters. The number of sulfone groups is 1. The van der Waals surface area contributed by atoms with E-state index in [0.717, 1.165) is 6.42 Å². The first-order chi connectivity index (χ1) is 10.0. The van der Waals surface area contributed by atoms with Gasteiger partial charge >= 0.3 is 0 Å². The summed E-state index contributed by atoms with van der Waals surface area (Å²) in [5.74, 6) is 2.16. The predicted molar refractivity (Wildman–Crippen MR) is 82.2 cm³/mol. The lowest BCUT2D eigenvalue weighted by molar-refractivity contribution is 0.128. The number of hydrogen-bond donors (Lipinski definition) is 2.